The predicted octanol–water partition coefficient (Wildman–Crippen LogP) is 3.49. The molecule has 10 nitrogen and oxygen atoms in total. The molecule has 3 heterocycles. The van der Waals surface area contributed by atoms with Gasteiger partial charge in [-0.3, -0.25) is 19.8 Å². The van der Waals surface area contributed by atoms with Crippen molar-refractivity contribution in [3.05, 3.63) is 50.2 Å². The van der Waals surface area contributed by atoms with Crippen LogP contribution in [0.2, 0.25) is 5.02 Å². The lowest BCUT2D eigenvalue weighted by molar-refractivity contribution is -0.122. The predicted molar refractivity (Wildman–Crippen MR) is 151 cm³/mol. The van der Waals surface area contributed by atoms with Gasteiger partial charge in [0.2, 0.25) is 5.91 Å². The Kier molecular flexibility index (Phi) is 9.18. The number of nitrogens with zero attached hydrogens (tertiary/aromatic N) is 2. The molecule has 1 aliphatic rings. The van der Waals surface area contributed by atoms with Crippen LogP contribution in [0.15, 0.2) is 29.6 Å². The van der Waals surface area contributed by atoms with E-state index in [0.29, 0.717) is 47.3 Å². The molecule has 0 saturated carbocycles. The zero-order valence-electron chi connectivity index (χ0n) is 20.9. The number of carbonyl (C=O) groups excluding carboxylic acids is 3. The monoisotopic (exact) mass is 575 g/mol. The third-order valence-electron chi connectivity index (χ3n) is 6.35. The van der Waals surface area contributed by atoms with Crippen LogP contribution in [0.5, 0.6) is 0 Å². The Morgan fingerprint density at radius 2 is 2.11 bits per heavy atom. The van der Waals surface area contributed by atoms with Crippen molar-refractivity contribution in [1.82, 2.24) is 25.8 Å². The summed E-state index contributed by atoms with van der Waals surface area (Å²) in [6.45, 7) is 1.14. The van der Waals surface area contributed by atoms with E-state index >= 15 is 0 Å². The summed E-state index contributed by atoms with van der Waals surface area (Å²) in [5.74, 6) is -0.868. The summed E-state index contributed by atoms with van der Waals surface area (Å²) in [6.07, 6.45) is 3.41. The first-order valence-corrected chi connectivity index (χ1v) is 14.4. The second-order valence-electron chi connectivity index (χ2n) is 9.00. The Labute approximate surface area is 233 Å². The van der Waals surface area contributed by atoms with Crippen molar-refractivity contribution >= 4 is 68.0 Å². The van der Waals surface area contributed by atoms with E-state index in [1.165, 1.54) is 29.7 Å². The Hall–Kier alpha value is -3.22. The fourth-order valence-electron chi connectivity index (χ4n) is 4.44. The molecule has 0 bridgehead atoms. The van der Waals surface area contributed by atoms with Crippen LogP contribution in [0.3, 0.4) is 0 Å². The molecule has 1 aromatic carbocycles. The number of unbranched alkanes of at least 4 members (excludes halogenated alkanes) is 1. The third-order valence-corrected chi connectivity index (χ3v) is 8.63. The summed E-state index contributed by atoms with van der Waals surface area (Å²) >= 11 is 8.89. The number of rotatable bonds is 10. The second kappa shape index (κ2) is 12.5. The highest BCUT2D eigenvalue weighted by Crippen LogP contribution is 2.37. The van der Waals surface area contributed by atoms with Gasteiger partial charge in [-0.15, -0.1) is 22.7 Å². The number of likely N-dealkylation sites (tertiary alicyclic amines) is 1. The van der Waals surface area contributed by atoms with E-state index in [1.54, 1.807) is 5.38 Å². The van der Waals surface area contributed by atoms with Crippen molar-refractivity contribution in [3.63, 3.8) is 0 Å². The van der Waals surface area contributed by atoms with E-state index in [1.807, 2.05) is 29.2 Å². The molecule has 1 aliphatic heterocycles. The van der Waals surface area contributed by atoms with Crippen molar-refractivity contribution in [2.24, 2.45) is 5.73 Å². The Morgan fingerprint density at radius 1 is 1.29 bits per heavy atom. The van der Waals surface area contributed by atoms with Crippen LogP contribution in [-0.4, -0.2) is 59.7 Å². The van der Waals surface area contributed by atoms with E-state index in [-0.39, 0.29) is 29.5 Å². The highest BCUT2D eigenvalue weighted by Gasteiger charge is 2.34. The maximum atomic E-state index is 13.4. The Bertz CT molecular complexity index is 1340. The zero-order valence-corrected chi connectivity index (χ0v) is 23.3. The lowest BCUT2D eigenvalue weighted by Gasteiger charge is -2.22. The summed E-state index contributed by atoms with van der Waals surface area (Å²) in [7, 11) is 1.52. The lowest BCUT2D eigenvalue weighted by Crippen LogP contribution is -2.45. The van der Waals surface area contributed by atoms with Crippen LogP contribution in [0, 0.1) is 5.41 Å². The van der Waals surface area contributed by atoms with E-state index in [0.717, 1.165) is 22.9 Å². The van der Waals surface area contributed by atoms with E-state index in [2.05, 4.69) is 20.9 Å². The Balaban J connectivity index is 1.41. The van der Waals surface area contributed by atoms with Gasteiger partial charge in [-0.2, -0.15) is 0 Å². The molecule has 38 heavy (non-hydrogen) atoms. The molecule has 0 spiro atoms. The van der Waals surface area contributed by atoms with Gasteiger partial charge in [-0.05, 0) is 61.8 Å². The molecule has 1 fully saturated rings. The number of hydrogen-bond donors (Lipinski definition) is 5. The fraction of sp³-hybridized carbons (Fsp3) is 0.400. The molecule has 4 rings (SSSR count). The maximum absolute atomic E-state index is 13.4. The van der Waals surface area contributed by atoms with Crippen molar-refractivity contribution < 1.29 is 14.4 Å². The van der Waals surface area contributed by atoms with Crippen molar-refractivity contribution in [3.8, 4) is 0 Å². The second-order valence-corrected chi connectivity index (χ2v) is 11.4. The highest BCUT2D eigenvalue weighted by atomic mass is 35.5. The van der Waals surface area contributed by atoms with Gasteiger partial charge in [-0.25, -0.2) is 4.98 Å². The molecule has 3 amide bonds. The molecule has 2 unspecified atom stereocenters. The highest BCUT2D eigenvalue weighted by molar-refractivity contribution is 7.20. The topological polar surface area (TPSA) is 153 Å². The third kappa shape index (κ3) is 6.61. The van der Waals surface area contributed by atoms with E-state index in [4.69, 9.17) is 22.7 Å². The smallest absolute Gasteiger partial charge is 0.271 e. The number of likely N-dealkylation sites (N-methyl/N-ethyl adjacent to an activating group) is 1. The number of nitrogens with two attached hydrogens (primary N) is 1. The number of amides is 3. The molecular weight excluding hydrogens is 546 g/mol. The van der Waals surface area contributed by atoms with E-state index in [9.17, 15) is 14.4 Å². The summed E-state index contributed by atoms with van der Waals surface area (Å²) < 4.78 is 1.00. The molecule has 13 heteroatoms. The number of fused-ring (bicyclic) bond motifs is 1. The summed E-state index contributed by atoms with van der Waals surface area (Å²) in [4.78, 5) is 45.7. The number of thiophene rings is 1. The fourth-order valence-corrected chi connectivity index (χ4v) is 6.57. The molecule has 0 aliphatic carbocycles. The molecule has 2 aromatic heterocycles. The van der Waals surface area contributed by atoms with Gasteiger partial charge >= 0.3 is 0 Å². The lowest BCUT2D eigenvalue weighted by atomic mass is 10.1. The van der Waals surface area contributed by atoms with Crippen molar-refractivity contribution in [2.45, 2.75) is 44.2 Å². The average Bonchev–Trinajstić information content (AvgIpc) is 3.65. The molecule has 2 atom stereocenters. The molecule has 1 saturated heterocycles. The Morgan fingerprint density at radius 3 is 2.87 bits per heavy atom. The maximum Gasteiger partial charge on any atom is 0.271 e. The molecule has 0 radical (unpaired) electrons. The molecular formula is C25H30ClN7O3S2. The van der Waals surface area contributed by atoms with Gasteiger partial charge in [0.25, 0.3) is 11.8 Å². The molecule has 3 aromatic rings. The van der Waals surface area contributed by atoms with Gasteiger partial charge in [0.05, 0.1) is 10.9 Å². The van der Waals surface area contributed by atoms with Crippen molar-refractivity contribution in [2.75, 3.05) is 20.1 Å². The number of hydrogen-bond acceptors (Lipinski definition) is 7. The van der Waals surface area contributed by atoms with Gasteiger partial charge in [0, 0.05) is 35.2 Å². The van der Waals surface area contributed by atoms with Crippen LogP contribution in [0.4, 0.5) is 0 Å². The van der Waals surface area contributed by atoms with Gasteiger partial charge in [0.1, 0.15) is 16.7 Å². The minimum absolute atomic E-state index is 0.0510. The van der Waals surface area contributed by atoms with Crippen LogP contribution in [-0.2, 0) is 4.79 Å². The van der Waals surface area contributed by atoms with Gasteiger partial charge < -0.3 is 26.6 Å². The molecule has 6 N–H and O–H groups in total. The quantitative estimate of drug-likeness (QED) is 0.142. The van der Waals surface area contributed by atoms with Crippen LogP contribution >= 0.6 is 34.3 Å². The average molecular weight is 576 g/mol. The number of benzene rings is 1. The summed E-state index contributed by atoms with van der Waals surface area (Å²) in [6, 6.07) is 6.55. The number of thiazole rings is 1. The standard InChI is InChI=1S/C25H30ClN7O3S2/c1-29-21(34)16(5-2-3-9-30-25(27)28)31-22(35)17-13-37-23(32-17)18-6-4-10-33(18)24(36)20-12-14-11-15(26)7-8-19(14)38-20/h7-8,11-13,16,18H,2-6,9-10H2,1H3,(H,29,34)(H,31,35)(H4,27,28,30). The van der Waals surface area contributed by atoms with Gasteiger partial charge in [-0.1, -0.05) is 11.6 Å². The van der Waals surface area contributed by atoms with Crippen LogP contribution in [0.1, 0.15) is 63.3 Å². The van der Waals surface area contributed by atoms with Crippen LogP contribution < -0.4 is 21.7 Å². The number of halogens is 1. The number of guanidine groups is 1. The van der Waals surface area contributed by atoms with Crippen molar-refractivity contribution in [1.29, 1.82) is 5.41 Å². The molecule has 202 valence electrons. The summed E-state index contributed by atoms with van der Waals surface area (Å²) in [5.41, 5.74) is 5.51. The minimum atomic E-state index is -0.707. The largest absolute Gasteiger partial charge is 0.370 e. The first kappa shape index (κ1) is 27.8. The van der Waals surface area contributed by atoms with Crippen LogP contribution in [0.25, 0.3) is 10.1 Å². The number of nitrogens with one attached hydrogen (secondary N) is 4. The van der Waals surface area contributed by atoms with Gasteiger partial charge in [0.15, 0.2) is 5.96 Å². The zero-order chi connectivity index (χ0) is 27.2. The first-order chi connectivity index (χ1) is 18.3. The first-order valence-electron chi connectivity index (χ1n) is 12.3. The SMILES string of the molecule is CNC(=O)C(CCCCNC(=N)N)NC(=O)c1csc(C2CCCN2C(=O)c2cc3cc(Cl)ccc3s2)n1. The minimum Gasteiger partial charge on any atom is -0.370 e. The number of aromatic nitrogens is 1. The van der Waals surface area contributed by atoms with E-state index < -0.39 is 11.9 Å². The summed E-state index contributed by atoms with van der Waals surface area (Å²) in [5, 5.41) is 19.2. The number of carbonyl (C=O) groups is 3. The normalized spacial score (nSPS) is 15.8.